The average molecular weight is 626 g/mol. The first-order chi connectivity index (χ1) is 20.5. The van der Waals surface area contributed by atoms with Crippen LogP contribution in [0.15, 0.2) is 66.7 Å². The predicted molar refractivity (Wildman–Crippen MR) is 167 cm³/mol. The van der Waals surface area contributed by atoms with Gasteiger partial charge in [0.1, 0.15) is 17.7 Å². The highest BCUT2D eigenvalue weighted by Gasteiger charge is 2.60. The Labute approximate surface area is 262 Å². The van der Waals surface area contributed by atoms with Crippen molar-refractivity contribution in [2.75, 3.05) is 13.1 Å². The second kappa shape index (κ2) is 12.6. The number of piperidine rings is 1. The number of carbonyl (C=O) groups is 1. The molecule has 0 saturated carbocycles. The van der Waals surface area contributed by atoms with Crippen LogP contribution in [0.25, 0.3) is 0 Å². The number of carboxylic acid groups (broad SMARTS) is 1. The minimum absolute atomic E-state index is 0.0363. The molecule has 0 aromatic heterocycles. The molecule has 4 nitrogen and oxygen atoms in total. The van der Waals surface area contributed by atoms with E-state index in [1.165, 1.54) is 35.9 Å². The molecule has 3 aromatic rings. The first-order valence-electron chi connectivity index (χ1n) is 14.6. The molecule has 2 aliphatic rings. The summed E-state index contributed by atoms with van der Waals surface area (Å²) in [5, 5.41) is 13.7. The first-order valence-corrected chi connectivity index (χ1v) is 15.4. The van der Waals surface area contributed by atoms with E-state index in [0.717, 1.165) is 32.5 Å². The number of rotatable bonds is 8. The maximum Gasteiger partial charge on any atom is 0.321 e. The number of carboxylic acids is 1. The summed E-state index contributed by atoms with van der Waals surface area (Å²) in [5.74, 6) is -0.634. The molecular formula is C35H36Cl2F2N2O2. The van der Waals surface area contributed by atoms with Crippen LogP contribution in [0.3, 0.4) is 0 Å². The number of hydrogen-bond donors (Lipinski definition) is 2. The third-order valence-electron chi connectivity index (χ3n) is 9.62. The quantitative estimate of drug-likeness (QED) is 0.252. The predicted octanol–water partition coefficient (Wildman–Crippen LogP) is 7.68. The van der Waals surface area contributed by atoms with Gasteiger partial charge in [0.05, 0.1) is 10.4 Å². The molecular weight excluding hydrogens is 589 g/mol. The normalized spacial score (nSPS) is 25.0. The Morgan fingerprint density at radius 2 is 1.79 bits per heavy atom. The maximum absolute atomic E-state index is 15.8. The van der Waals surface area contributed by atoms with Gasteiger partial charge in [-0.2, -0.15) is 0 Å². The third-order valence-corrected chi connectivity index (χ3v) is 10.2. The van der Waals surface area contributed by atoms with E-state index in [1.54, 1.807) is 6.07 Å². The zero-order valence-corrected chi connectivity index (χ0v) is 25.8. The van der Waals surface area contributed by atoms with Gasteiger partial charge in [-0.1, -0.05) is 91.5 Å². The zero-order valence-electron chi connectivity index (χ0n) is 24.3. The molecule has 2 N–H and O–H groups in total. The molecule has 0 spiro atoms. The minimum atomic E-state index is -1.55. The Bertz CT molecular complexity index is 1520. The Kier molecular flexibility index (Phi) is 9.20. The standard InChI is InChI=1S/C35H36Cl2F2N2O2/c1-4-35(26-14-13-24(36)19-28(26)38)29(40-32(33(42)43)30(35)25-11-8-12-27(37)31(25)39)20-34(2,3)23-15-17-41(18-16-23)21-22-9-6-5-7-10-22/h1,5-14,19,23,29-30,32,40H,15-18,20-21H2,2-3H3,(H,42,43)/t29-,30-,32+,35-/m0/s1. The van der Waals surface area contributed by atoms with Gasteiger partial charge in [-0.05, 0) is 73.0 Å². The van der Waals surface area contributed by atoms with E-state index in [1.807, 2.05) is 18.2 Å². The monoisotopic (exact) mass is 624 g/mol. The van der Waals surface area contributed by atoms with Crippen LogP contribution in [-0.2, 0) is 16.8 Å². The lowest BCUT2D eigenvalue weighted by Gasteiger charge is -2.45. The molecule has 0 amide bonds. The lowest BCUT2D eigenvalue weighted by atomic mass is 9.60. The van der Waals surface area contributed by atoms with E-state index in [0.29, 0.717) is 12.3 Å². The van der Waals surface area contributed by atoms with Crippen LogP contribution in [0.2, 0.25) is 10.0 Å². The summed E-state index contributed by atoms with van der Waals surface area (Å²) in [6.45, 7) is 7.08. The van der Waals surface area contributed by atoms with Gasteiger partial charge in [0, 0.05) is 29.1 Å². The van der Waals surface area contributed by atoms with E-state index >= 15 is 8.78 Å². The Balaban J connectivity index is 1.51. The van der Waals surface area contributed by atoms with E-state index in [4.69, 9.17) is 29.6 Å². The number of likely N-dealkylation sites (tertiary alicyclic amines) is 1. The van der Waals surface area contributed by atoms with Gasteiger partial charge < -0.3 is 5.11 Å². The van der Waals surface area contributed by atoms with Crippen molar-refractivity contribution in [3.63, 3.8) is 0 Å². The van der Waals surface area contributed by atoms with Crippen molar-refractivity contribution in [1.29, 1.82) is 0 Å². The van der Waals surface area contributed by atoms with Crippen molar-refractivity contribution in [1.82, 2.24) is 10.2 Å². The molecule has 226 valence electrons. The summed E-state index contributed by atoms with van der Waals surface area (Å²) in [4.78, 5) is 15.2. The number of benzene rings is 3. The zero-order chi connectivity index (χ0) is 30.9. The molecule has 8 heteroatoms. The van der Waals surface area contributed by atoms with Gasteiger partial charge in [-0.15, -0.1) is 6.42 Å². The fraction of sp³-hybridized carbons (Fsp3) is 0.400. The highest BCUT2D eigenvalue weighted by atomic mass is 35.5. The largest absolute Gasteiger partial charge is 0.480 e. The fourth-order valence-electron chi connectivity index (χ4n) is 7.40. The molecule has 0 bridgehead atoms. The first kappa shape index (κ1) is 31.5. The van der Waals surface area contributed by atoms with Crippen molar-refractivity contribution < 1.29 is 18.7 Å². The van der Waals surface area contributed by atoms with E-state index in [-0.39, 0.29) is 26.6 Å². The van der Waals surface area contributed by atoms with Crippen LogP contribution < -0.4 is 5.32 Å². The molecule has 0 aliphatic carbocycles. The van der Waals surface area contributed by atoms with Crippen LogP contribution in [0, 0.1) is 35.3 Å². The van der Waals surface area contributed by atoms with Crippen LogP contribution in [0.1, 0.15) is 55.7 Å². The summed E-state index contributed by atoms with van der Waals surface area (Å²) in [6.07, 6.45) is 8.69. The molecule has 3 aromatic carbocycles. The molecule has 2 saturated heterocycles. The molecule has 43 heavy (non-hydrogen) atoms. The SMILES string of the molecule is C#C[C@]1(c2ccc(Cl)cc2F)[C@H](CC(C)(C)C2CCN(Cc3ccccc3)CC2)N[C@@H](C(=O)O)[C@@H]1c1cccc(Cl)c1F. The average Bonchev–Trinajstić information content (AvgIpc) is 3.29. The number of terminal acetylenes is 1. The van der Waals surface area contributed by atoms with Crippen molar-refractivity contribution in [2.45, 2.75) is 63.1 Å². The molecule has 2 fully saturated rings. The maximum atomic E-state index is 15.8. The van der Waals surface area contributed by atoms with Gasteiger partial charge in [-0.3, -0.25) is 15.0 Å². The third kappa shape index (κ3) is 6.06. The number of halogens is 4. The highest BCUT2D eigenvalue weighted by molar-refractivity contribution is 6.31. The summed E-state index contributed by atoms with van der Waals surface area (Å²) in [7, 11) is 0. The Morgan fingerprint density at radius 1 is 1.09 bits per heavy atom. The van der Waals surface area contributed by atoms with Crippen molar-refractivity contribution in [3.8, 4) is 12.3 Å². The molecule has 2 aliphatic heterocycles. The molecule has 5 rings (SSSR count). The number of nitrogens with one attached hydrogen (secondary N) is 1. The topological polar surface area (TPSA) is 52.6 Å². The van der Waals surface area contributed by atoms with Crippen LogP contribution in [-0.4, -0.2) is 41.1 Å². The van der Waals surface area contributed by atoms with Crippen molar-refractivity contribution in [2.24, 2.45) is 11.3 Å². The van der Waals surface area contributed by atoms with E-state index in [9.17, 15) is 9.90 Å². The highest BCUT2D eigenvalue weighted by Crippen LogP contribution is 2.54. The minimum Gasteiger partial charge on any atom is -0.480 e. The van der Waals surface area contributed by atoms with Gasteiger partial charge in [0.15, 0.2) is 0 Å². The van der Waals surface area contributed by atoms with E-state index in [2.05, 4.69) is 42.1 Å². The summed E-state index contributed by atoms with van der Waals surface area (Å²) in [5.41, 5.74) is -0.424. The van der Waals surface area contributed by atoms with Crippen LogP contribution in [0.4, 0.5) is 8.78 Å². The van der Waals surface area contributed by atoms with Crippen LogP contribution in [0.5, 0.6) is 0 Å². The second-order valence-corrected chi connectivity index (χ2v) is 13.4. The van der Waals surface area contributed by atoms with Crippen molar-refractivity contribution >= 4 is 29.2 Å². The number of aliphatic carboxylic acids is 1. The summed E-state index contributed by atoms with van der Waals surface area (Å²) >= 11 is 12.3. The smallest absolute Gasteiger partial charge is 0.321 e. The van der Waals surface area contributed by atoms with Gasteiger partial charge in [0.2, 0.25) is 0 Å². The van der Waals surface area contributed by atoms with Crippen LogP contribution >= 0.6 is 23.2 Å². The fourth-order valence-corrected chi connectivity index (χ4v) is 7.74. The summed E-state index contributed by atoms with van der Waals surface area (Å²) in [6, 6.07) is 17.0. The van der Waals surface area contributed by atoms with Crippen molar-refractivity contribution in [3.05, 3.63) is 105 Å². The number of nitrogens with zero attached hydrogens (tertiary/aromatic N) is 1. The second-order valence-electron chi connectivity index (χ2n) is 12.5. The molecule has 0 unspecified atom stereocenters. The van der Waals surface area contributed by atoms with Gasteiger partial charge in [0.25, 0.3) is 0 Å². The van der Waals surface area contributed by atoms with E-state index < -0.39 is 41.0 Å². The lowest BCUT2D eigenvalue weighted by molar-refractivity contribution is -0.139. The number of hydrogen-bond acceptors (Lipinski definition) is 3. The Morgan fingerprint density at radius 3 is 2.42 bits per heavy atom. The lowest BCUT2D eigenvalue weighted by Crippen LogP contribution is -2.47. The Hall–Kier alpha value is -2.95. The van der Waals surface area contributed by atoms with Gasteiger partial charge in [-0.25, -0.2) is 8.78 Å². The molecule has 4 atom stereocenters. The molecule has 0 radical (unpaired) electrons. The summed E-state index contributed by atoms with van der Waals surface area (Å²) < 4.78 is 31.5. The van der Waals surface area contributed by atoms with Gasteiger partial charge >= 0.3 is 5.97 Å². The molecule has 2 heterocycles.